The molecule has 0 fully saturated rings. The molecule has 2 N–H and O–H groups in total. The molecule has 112 valence electrons. The van der Waals surface area contributed by atoms with E-state index in [0.717, 1.165) is 17.5 Å². The van der Waals surface area contributed by atoms with Gasteiger partial charge in [-0.2, -0.15) is 4.72 Å². The maximum absolute atomic E-state index is 12.2. The number of nitrogens with one attached hydrogen (secondary N) is 1. The van der Waals surface area contributed by atoms with Crippen molar-refractivity contribution >= 4 is 16.0 Å². The number of carboxylic acids is 1. The molecule has 1 aromatic carbocycles. The summed E-state index contributed by atoms with van der Waals surface area (Å²) in [5, 5.41) is 9.09. The number of benzene rings is 1. The third-order valence-corrected chi connectivity index (χ3v) is 4.40. The zero-order valence-electron chi connectivity index (χ0n) is 12.0. The fourth-order valence-corrected chi connectivity index (χ4v) is 3.40. The maximum atomic E-state index is 12.2. The Balaban J connectivity index is 3.00. The van der Waals surface area contributed by atoms with Crippen molar-refractivity contribution in [2.75, 3.05) is 0 Å². The summed E-state index contributed by atoms with van der Waals surface area (Å²) < 4.78 is 26.8. The monoisotopic (exact) mass is 299 g/mol. The summed E-state index contributed by atoms with van der Waals surface area (Å²) in [6.07, 6.45) is 1.76. The van der Waals surface area contributed by atoms with E-state index < -0.39 is 22.0 Å². The van der Waals surface area contributed by atoms with E-state index in [-0.39, 0.29) is 11.3 Å². The van der Waals surface area contributed by atoms with Crippen LogP contribution in [0.2, 0.25) is 0 Å². The summed E-state index contributed by atoms with van der Waals surface area (Å²) in [6, 6.07) is 3.85. The minimum absolute atomic E-state index is 0.109. The van der Waals surface area contributed by atoms with Crippen molar-refractivity contribution in [3.05, 3.63) is 29.3 Å². The third kappa shape index (κ3) is 4.61. The molecule has 0 aliphatic heterocycles. The first-order chi connectivity index (χ1) is 9.26. The van der Waals surface area contributed by atoms with E-state index in [1.165, 1.54) is 12.1 Å². The Morgan fingerprint density at radius 2 is 1.80 bits per heavy atom. The molecule has 5 nitrogen and oxygen atoms in total. The molecule has 0 spiro atoms. The highest BCUT2D eigenvalue weighted by Crippen LogP contribution is 2.15. The van der Waals surface area contributed by atoms with Gasteiger partial charge < -0.3 is 5.11 Å². The molecule has 0 amide bonds. The summed E-state index contributed by atoms with van der Waals surface area (Å²) in [6.45, 7) is 5.53. The van der Waals surface area contributed by atoms with Crippen LogP contribution in [-0.4, -0.2) is 25.5 Å². The molecule has 0 saturated carbocycles. The van der Waals surface area contributed by atoms with Crippen molar-refractivity contribution in [1.29, 1.82) is 0 Å². The van der Waals surface area contributed by atoms with E-state index in [1.807, 2.05) is 13.0 Å². The topological polar surface area (TPSA) is 83.5 Å². The van der Waals surface area contributed by atoms with E-state index in [0.29, 0.717) is 6.42 Å². The SMILES string of the molecule is CCCC[C@H](NS(=O)(=O)c1cc(C)cc(C)c1)C(=O)O. The van der Waals surface area contributed by atoms with Crippen LogP contribution in [0.4, 0.5) is 0 Å². The van der Waals surface area contributed by atoms with Gasteiger partial charge in [-0.05, 0) is 43.5 Å². The minimum atomic E-state index is -3.81. The van der Waals surface area contributed by atoms with Crippen LogP contribution in [-0.2, 0) is 14.8 Å². The molecule has 0 aliphatic carbocycles. The molecule has 20 heavy (non-hydrogen) atoms. The van der Waals surface area contributed by atoms with Crippen molar-refractivity contribution < 1.29 is 18.3 Å². The fraction of sp³-hybridized carbons (Fsp3) is 0.500. The highest BCUT2D eigenvalue weighted by atomic mass is 32.2. The molecule has 6 heteroatoms. The first-order valence-electron chi connectivity index (χ1n) is 6.59. The Morgan fingerprint density at radius 3 is 2.25 bits per heavy atom. The van der Waals surface area contributed by atoms with Crippen LogP contribution in [0.1, 0.15) is 37.3 Å². The van der Waals surface area contributed by atoms with Crippen molar-refractivity contribution in [2.45, 2.75) is 51.0 Å². The van der Waals surface area contributed by atoms with Crippen LogP contribution in [0, 0.1) is 13.8 Å². The van der Waals surface area contributed by atoms with Gasteiger partial charge in [0.15, 0.2) is 0 Å². The number of hydrogen-bond acceptors (Lipinski definition) is 3. The zero-order chi connectivity index (χ0) is 15.3. The van der Waals surface area contributed by atoms with E-state index in [2.05, 4.69) is 4.72 Å². The molecule has 1 rings (SSSR count). The summed E-state index contributed by atoms with van der Waals surface area (Å²) in [4.78, 5) is 11.2. The Kier molecular flexibility index (Phi) is 5.71. The first kappa shape index (κ1) is 16.7. The maximum Gasteiger partial charge on any atom is 0.321 e. The quantitative estimate of drug-likeness (QED) is 0.808. The lowest BCUT2D eigenvalue weighted by Crippen LogP contribution is -2.40. The molecule has 1 aromatic rings. The van der Waals surface area contributed by atoms with Gasteiger partial charge in [0.1, 0.15) is 6.04 Å². The van der Waals surface area contributed by atoms with Crippen LogP contribution in [0.25, 0.3) is 0 Å². The largest absolute Gasteiger partial charge is 0.480 e. The molecule has 0 radical (unpaired) electrons. The summed E-state index contributed by atoms with van der Waals surface area (Å²) in [5.41, 5.74) is 1.65. The smallest absolute Gasteiger partial charge is 0.321 e. The van der Waals surface area contributed by atoms with Crippen molar-refractivity contribution in [3.63, 3.8) is 0 Å². The standard InChI is InChI=1S/C14H21NO4S/c1-4-5-6-13(14(16)17)15-20(18,19)12-8-10(2)7-11(3)9-12/h7-9,13,15H,4-6H2,1-3H3,(H,16,17)/t13-/m0/s1. The number of unbranched alkanes of at least 4 members (excludes halogenated alkanes) is 1. The van der Waals surface area contributed by atoms with E-state index in [4.69, 9.17) is 5.11 Å². The van der Waals surface area contributed by atoms with Crippen LogP contribution >= 0.6 is 0 Å². The average Bonchev–Trinajstić information content (AvgIpc) is 2.32. The Morgan fingerprint density at radius 1 is 1.25 bits per heavy atom. The van der Waals surface area contributed by atoms with Gasteiger partial charge in [-0.25, -0.2) is 8.42 Å². The van der Waals surface area contributed by atoms with Gasteiger partial charge in [-0.15, -0.1) is 0 Å². The molecular formula is C14H21NO4S. The predicted octanol–water partition coefficient (Wildman–Crippen LogP) is 2.23. The second-order valence-corrected chi connectivity index (χ2v) is 6.69. The van der Waals surface area contributed by atoms with Crippen molar-refractivity contribution in [3.8, 4) is 0 Å². The van der Waals surface area contributed by atoms with Crippen molar-refractivity contribution in [1.82, 2.24) is 4.72 Å². The van der Waals surface area contributed by atoms with E-state index in [9.17, 15) is 13.2 Å². The molecule has 0 bridgehead atoms. The average molecular weight is 299 g/mol. The highest BCUT2D eigenvalue weighted by Gasteiger charge is 2.25. The highest BCUT2D eigenvalue weighted by molar-refractivity contribution is 7.89. The number of hydrogen-bond donors (Lipinski definition) is 2. The van der Waals surface area contributed by atoms with Crippen LogP contribution in [0.5, 0.6) is 0 Å². The number of aryl methyl sites for hydroxylation is 2. The second-order valence-electron chi connectivity index (χ2n) is 4.98. The van der Waals surface area contributed by atoms with Gasteiger partial charge >= 0.3 is 5.97 Å². The summed E-state index contributed by atoms with van der Waals surface area (Å²) >= 11 is 0. The molecular weight excluding hydrogens is 278 g/mol. The first-order valence-corrected chi connectivity index (χ1v) is 8.08. The van der Waals surface area contributed by atoms with Gasteiger partial charge in [0.2, 0.25) is 10.0 Å². The lowest BCUT2D eigenvalue weighted by atomic mass is 10.1. The number of aliphatic carboxylic acids is 1. The lowest BCUT2D eigenvalue weighted by molar-refractivity contribution is -0.139. The molecule has 0 saturated heterocycles. The third-order valence-electron chi connectivity index (χ3n) is 2.95. The number of sulfonamides is 1. The van der Waals surface area contributed by atoms with Crippen LogP contribution < -0.4 is 4.72 Å². The van der Waals surface area contributed by atoms with Gasteiger partial charge in [-0.1, -0.05) is 25.8 Å². The Labute approximate surface area is 120 Å². The summed E-state index contributed by atoms with van der Waals surface area (Å²) in [7, 11) is -3.81. The molecule has 0 aromatic heterocycles. The van der Waals surface area contributed by atoms with Gasteiger partial charge in [0, 0.05) is 0 Å². The number of carboxylic acid groups (broad SMARTS) is 1. The van der Waals surface area contributed by atoms with E-state index >= 15 is 0 Å². The van der Waals surface area contributed by atoms with E-state index in [1.54, 1.807) is 13.8 Å². The number of rotatable bonds is 7. The molecule has 0 aliphatic rings. The molecule has 0 unspecified atom stereocenters. The fourth-order valence-electron chi connectivity index (χ4n) is 1.98. The zero-order valence-corrected chi connectivity index (χ0v) is 12.8. The van der Waals surface area contributed by atoms with Gasteiger partial charge in [-0.3, -0.25) is 4.79 Å². The van der Waals surface area contributed by atoms with Gasteiger partial charge in [0.25, 0.3) is 0 Å². The molecule has 1 atom stereocenters. The second kappa shape index (κ2) is 6.85. The van der Waals surface area contributed by atoms with Crippen LogP contribution in [0.3, 0.4) is 0 Å². The van der Waals surface area contributed by atoms with Gasteiger partial charge in [0.05, 0.1) is 4.90 Å². The number of carbonyl (C=O) groups is 1. The Bertz CT molecular complexity index is 561. The van der Waals surface area contributed by atoms with Crippen LogP contribution in [0.15, 0.2) is 23.1 Å². The Hall–Kier alpha value is -1.40. The van der Waals surface area contributed by atoms with Crippen molar-refractivity contribution in [2.24, 2.45) is 0 Å². The molecule has 0 heterocycles. The lowest BCUT2D eigenvalue weighted by Gasteiger charge is -2.15. The minimum Gasteiger partial charge on any atom is -0.480 e. The normalized spacial score (nSPS) is 13.2. The predicted molar refractivity (Wildman–Crippen MR) is 77.2 cm³/mol. The summed E-state index contributed by atoms with van der Waals surface area (Å²) in [5.74, 6) is -1.15.